The van der Waals surface area contributed by atoms with Crippen LogP contribution in [-0.4, -0.2) is 17.6 Å². The minimum atomic E-state index is -0.150. The van der Waals surface area contributed by atoms with Gasteiger partial charge in [-0.3, -0.25) is 4.79 Å². The van der Waals surface area contributed by atoms with Crippen LogP contribution in [-0.2, 0) is 0 Å². The molecule has 0 fully saturated rings. The molecule has 108 valence electrons. The van der Waals surface area contributed by atoms with E-state index in [4.69, 9.17) is 5.11 Å². The van der Waals surface area contributed by atoms with Gasteiger partial charge in [-0.05, 0) is 48.6 Å². The number of aliphatic hydroxyl groups is 1. The summed E-state index contributed by atoms with van der Waals surface area (Å²) in [6, 6.07) is 7.77. The van der Waals surface area contributed by atoms with Crippen LogP contribution in [0.4, 0.5) is 5.69 Å². The topological polar surface area (TPSA) is 49.3 Å². The van der Waals surface area contributed by atoms with Crippen LogP contribution < -0.4 is 5.32 Å². The van der Waals surface area contributed by atoms with Crippen molar-refractivity contribution in [1.82, 2.24) is 0 Å². The Kier molecular flexibility index (Phi) is 5.15. The lowest BCUT2D eigenvalue weighted by Gasteiger charge is -2.07. The van der Waals surface area contributed by atoms with Crippen molar-refractivity contribution >= 4 is 22.9 Å². The van der Waals surface area contributed by atoms with Crippen LogP contribution in [0.15, 0.2) is 29.6 Å². The highest BCUT2D eigenvalue weighted by Crippen LogP contribution is 2.19. The Bertz CT molecular complexity index is 687. The predicted octanol–water partition coefficient (Wildman–Crippen LogP) is 3.35. The van der Waals surface area contributed by atoms with Crippen LogP contribution >= 0.6 is 11.3 Å². The molecule has 0 spiro atoms. The van der Waals surface area contributed by atoms with Crippen molar-refractivity contribution in [3.63, 3.8) is 0 Å². The smallest absolute Gasteiger partial charge is 0.267 e. The van der Waals surface area contributed by atoms with E-state index in [1.165, 1.54) is 11.3 Å². The Labute approximate surface area is 128 Å². The monoisotopic (exact) mass is 299 g/mol. The minimum absolute atomic E-state index is 0.0290. The van der Waals surface area contributed by atoms with Crippen LogP contribution in [0, 0.1) is 25.7 Å². The van der Waals surface area contributed by atoms with Gasteiger partial charge >= 0.3 is 0 Å². The predicted molar refractivity (Wildman–Crippen MR) is 86.8 cm³/mol. The van der Waals surface area contributed by atoms with E-state index in [1.54, 1.807) is 0 Å². The Morgan fingerprint density at radius 2 is 2.00 bits per heavy atom. The number of benzene rings is 1. The summed E-state index contributed by atoms with van der Waals surface area (Å²) in [4.78, 5) is 12.9. The summed E-state index contributed by atoms with van der Waals surface area (Å²) in [5, 5.41) is 13.5. The van der Waals surface area contributed by atoms with E-state index in [-0.39, 0.29) is 12.5 Å². The average molecular weight is 299 g/mol. The third-order valence-corrected chi connectivity index (χ3v) is 3.72. The maximum absolute atomic E-state index is 12.3. The zero-order valence-electron chi connectivity index (χ0n) is 12.1. The molecule has 2 aromatic rings. The Morgan fingerprint density at radius 3 is 2.67 bits per heavy atom. The molecule has 2 N–H and O–H groups in total. The molecule has 0 aliphatic rings. The molecule has 0 atom stereocenters. The summed E-state index contributed by atoms with van der Waals surface area (Å²) >= 11 is 1.37. The molecule has 1 aromatic carbocycles. The molecule has 1 aromatic heterocycles. The van der Waals surface area contributed by atoms with Gasteiger partial charge in [0.2, 0.25) is 0 Å². The van der Waals surface area contributed by atoms with Crippen molar-refractivity contribution in [2.24, 2.45) is 0 Å². The van der Waals surface area contributed by atoms with Gasteiger partial charge in [0.05, 0.1) is 6.61 Å². The van der Waals surface area contributed by atoms with Crippen molar-refractivity contribution in [3.8, 4) is 11.8 Å². The van der Waals surface area contributed by atoms with Crippen molar-refractivity contribution < 1.29 is 9.90 Å². The van der Waals surface area contributed by atoms with E-state index in [2.05, 4.69) is 23.2 Å². The molecular weight excluding hydrogens is 282 g/mol. The second-order valence-electron chi connectivity index (χ2n) is 4.77. The van der Waals surface area contributed by atoms with Crippen molar-refractivity contribution in [3.05, 3.63) is 51.2 Å². The number of nitrogens with one attached hydrogen (secondary N) is 1. The summed E-state index contributed by atoms with van der Waals surface area (Å²) in [6.45, 7) is 4.03. The number of hydrogen-bond acceptors (Lipinski definition) is 3. The van der Waals surface area contributed by atoms with Gasteiger partial charge < -0.3 is 10.4 Å². The first kappa shape index (κ1) is 15.3. The number of hydrogen-bond donors (Lipinski definition) is 2. The Balaban J connectivity index is 2.18. The first-order chi connectivity index (χ1) is 10.1. The first-order valence-corrected chi connectivity index (χ1v) is 7.55. The number of amides is 1. The van der Waals surface area contributed by atoms with Crippen molar-refractivity contribution in [2.45, 2.75) is 20.3 Å². The summed E-state index contributed by atoms with van der Waals surface area (Å²) in [5.74, 6) is 5.61. The molecule has 1 amide bonds. The van der Waals surface area contributed by atoms with Gasteiger partial charge in [0.1, 0.15) is 4.88 Å². The van der Waals surface area contributed by atoms with E-state index in [0.717, 1.165) is 16.8 Å². The molecule has 3 nitrogen and oxygen atoms in total. The van der Waals surface area contributed by atoms with E-state index in [9.17, 15) is 4.79 Å². The maximum Gasteiger partial charge on any atom is 0.267 e. The average Bonchev–Trinajstić information content (AvgIpc) is 2.86. The van der Waals surface area contributed by atoms with Gasteiger partial charge in [0.15, 0.2) is 0 Å². The lowest BCUT2D eigenvalue weighted by molar-refractivity contribution is 0.103. The summed E-state index contributed by atoms with van der Waals surface area (Å²) < 4.78 is 0. The molecule has 0 saturated carbocycles. The molecule has 0 unspecified atom stereocenters. The third kappa shape index (κ3) is 4.19. The number of thiophene rings is 1. The van der Waals surface area contributed by atoms with Gasteiger partial charge in [0, 0.05) is 17.7 Å². The molecule has 0 saturated heterocycles. The van der Waals surface area contributed by atoms with E-state index in [1.807, 2.05) is 37.4 Å². The highest BCUT2D eigenvalue weighted by Gasteiger charge is 2.12. The number of rotatable bonds is 3. The van der Waals surface area contributed by atoms with Crippen LogP contribution in [0.1, 0.15) is 32.8 Å². The minimum Gasteiger partial charge on any atom is -0.395 e. The van der Waals surface area contributed by atoms with Gasteiger partial charge in [-0.15, -0.1) is 11.3 Å². The van der Waals surface area contributed by atoms with Gasteiger partial charge in [-0.1, -0.05) is 17.9 Å². The quantitative estimate of drug-likeness (QED) is 0.854. The molecule has 4 heteroatoms. The normalized spacial score (nSPS) is 9.86. The van der Waals surface area contributed by atoms with Crippen LogP contribution in [0.3, 0.4) is 0 Å². The SMILES string of the molecule is Cc1cc(C)cc(NC(=O)c2sccc2C#CCCO)c1. The van der Waals surface area contributed by atoms with Crippen molar-refractivity contribution in [2.75, 3.05) is 11.9 Å². The van der Waals surface area contributed by atoms with Gasteiger partial charge in [-0.2, -0.15) is 0 Å². The molecule has 0 aliphatic heterocycles. The van der Waals surface area contributed by atoms with Gasteiger partial charge in [-0.25, -0.2) is 0 Å². The number of carbonyl (C=O) groups excluding carboxylic acids is 1. The lowest BCUT2D eigenvalue weighted by Crippen LogP contribution is -2.11. The zero-order valence-corrected chi connectivity index (χ0v) is 12.9. The highest BCUT2D eigenvalue weighted by molar-refractivity contribution is 7.12. The fraction of sp³-hybridized carbons (Fsp3) is 0.235. The maximum atomic E-state index is 12.3. The van der Waals surface area contributed by atoms with E-state index >= 15 is 0 Å². The molecule has 0 bridgehead atoms. The van der Waals surface area contributed by atoms with Crippen LogP contribution in [0.25, 0.3) is 0 Å². The summed E-state index contributed by atoms with van der Waals surface area (Å²) in [5.41, 5.74) is 3.72. The third-order valence-electron chi connectivity index (χ3n) is 2.81. The molecule has 0 aliphatic carbocycles. The number of anilines is 1. The number of carbonyl (C=O) groups is 1. The standard InChI is InChI=1S/C17H17NO2S/c1-12-9-13(2)11-15(10-12)18-17(20)16-14(6-8-21-16)5-3-4-7-19/h6,8-11,19H,4,7H2,1-2H3,(H,18,20). The van der Waals surface area contributed by atoms with Crippen LogP contribution in [0.5, 0.6) is 0 Å². The molecule has 21 heavy (non-hydrogen) atoms. The Hall–Kier alpha value is -2.09. The number of aryl methyl sites for hydroxylation is 2. The van der Waals surface area contributed by atoms with E-state index < -0.39 is 0 Å². The molecular formula is C17H17NO2S. The summed E-state index contributed by atoms with van der Waals surface area (Å²) in [6.07, 6.45) is 0.411. The molecule has 1 heterocycles. The first-order valence-electron chi connectivity index (χ1n) is 6.67. The lowest BCUT2D eigenvalue weighted by atomic mass is 10.1. The fourth-order valence-corrected chi connectivity index (χ4v) is 2.78. The number of aliphatic hydroxyl groups excluding tert-OH is 1. The molecule has 2 rings (SSSR count). The second-order valence-corrected chi connectivity index (χ2v) is 5.69. The fourth-order valence-electron chi connectivity index (χ4n) is 2.03. The highest BCUT2D eigenvalue weighted by atomic mass is 32.1. The molecule has 0 radical (unpaired) electrons. The zero-order chi connectivity index (χ0) is 15.2. The van der Waals surface area contributed by atoms with Crippen LogP contribution in [0.2, 0.25) is 0 Å². The summed E-state index contributed by atoms with van der Waals surface area (Å²) in [7, 11) is 0. The van der Waals surface area contributed by atoms with E-state index in [0.29, 0.717) is 16.9 Å². The van der Waals surface area contributed by atoms with Crippen molar-refractivity contribution in [1.29, 1.82) is 0 Å². The van der Waals surface area contributed by atoms with Gasteiger partial charge in [0.25, 0.3) is 5.91 Å². The largest absolute Gasteiger partial charge is 0.395 e. The second kappa shape index (κ2) is 7.07. The Morgan fingerprint density at radius 1 is 1.29 bits per heavy atom.